The molecule has 1 nitrogen and oxygen atoms in total. The van der Waals surface area contributed by atoms with Crippen LogP contribution in [0.2, 0.25) is 0 Å². The van der Waals surface area contributed by atoms with E-state index in [4.69, 9.17) is 5.73 Å². The lowest BCUT2D eigenvalue weighted by molar-refractivity contribution is 0.391. The fourth-order valence-electron chi connectivity index (χ4n) is 1.26. The SMILES string of the molecule is CC[C@H](C)CC(C)CCN. The van der Waals surface area contributed by atoms with Crippen molar-refractivity contribution in [2.24, 2.45) is 17.6 Å². The second-order valence-corrected chi connectivity index (χ2v) is 3.43. The summed E-state index contributed by atoms with van der Waals surface area (Å²) >= 11 is 0. The summed E-state index contributed by atoms with van der Waals surface area (Å²) in [4.78, 5) is 0. The summed E-state index contributed by atoms with van der Waals surface area (Å²) in [6, 6.07) is 0. The van der Waals surface area contributed by atoms with Crippen molar-refractivity contribution in [2.45, 2.75) is 40.0 Å². The van der Waals surface area contributed by atoms with Crippen LogP contribution in [-0.2, 0) is 0 Å². The Hall–Kier alpha value is -0.0400. The number of nitrogens with two attached hydrogens (primary N) is 1. The van der Waals surface area contributed by atoms with Crippen molar-refractivity contribution in [1.82, 2.24) is 0 Å². The molecule has 0 saturated heterocycles. The Balaban J connectivity index is 3.27. The van der Waals surface area contributed by atoms with E-state index in [9.17, 15) is 0 Å². The molecule has 0 aliphatic heterocycles. The molecule has 1 unspecified atom stereocenters. The van der Waals surface area contributed by atoms with Crippen LogP contribution in [-0.4, -0.2) is 6.54 Å². The molecule has 0 amide bonds. The lowest BCUT2D eigenvalue weighted by Gasteiger charge is -2.14. The Morgan fingerprint density at radius 3 is 2.20 bits per heavy atom. The molecular formula is C9H21N. The third-order valence-electron chi connectivity index (χ3n) is 2.16. The monoisotopic (exact) mass is 143 g/mol. The van der Waals surface area contributed by atoms with Crippen molar-refractivity contribution in [3.8, 4) is 0 Å². The van der Waals surface area contributed by atoms with Crippen LogP contribution in [0.3, 0.4) is 0 Å². The van der Waals surface area contributed by atoms with E-state index >= 15 is 0 Å². The van der Waals surface area contributed by atoms with E-state index in [1.54, 1.807) is 0 Å². The van der Waals surface area contributed by atoms with Gasteiger partial charge in [-0.3, -0.25) is 0 Å². The van der Waals surface area contributed by atoms with Crippen LogP contribution in [0.25, 0.3) is 0 Å². The van der Waals surface area contributed by atoms with Gasteiger partial charge in [0, 0.05) is 0 Å². The van der Waals surface area contributed by atoms with E-state index < -0.39 is 0 Å². The molecule has 2 atom stereocenters. The van der Waals surface area contributed by atoms with Crippen LogP contribution in [0.4, 0.5) is 0 Å². The van der Waals surface area contributed by atoms with Gasteiger partial charge in [0.2, 0.25) is 0 Å². The van der Waals surface area contributed by atoms with Gasteiger partial charge in [-0.05, 0) is 31.2 Å². The Kier molecular flexibility index (Phi) is 5.70. The molecular weight excluding hydrogens is 122 g/mol. The molecule has 0 heterocycles. The van der Waals surface area contributed by atoms with Crippen LogP contribution in [0.5, 0.6) is 0 Å². The highest BCUT2D eigenvalue weighted by atomic mass is 14.5. The maximum absolute atomic E-state index is 5.45. The van der Waals surface area contributed by atoms with Gasteiger partial charge in [0.1, 0.15) is 0 Å². The standard InChI is InChI=1S/C9H21N/c1-4-8(2)7-9(3)5-6-10/h8-9H,4-7,10H2,1-3H3/t8-,9?/m0/s1. The van der Waals surface area contributed by atoms with Crippen LogP contribution < -0.4 is 5.73 Å². The van der Waals surface area contributed by atoms with E-state index in [0.717, 1.165) is 18.4 Å². The molecule has 0 aliphatic rings. The molecule has 0 aromatic rings. The third-order valence-corrected chi connectivity index (χ3v) is 2.16. The highest BCUT2D eigenvalue weighted by molar-refractivity contribution is 4.58. The van der Waals surface area contributed by atoms with Crippen molar-refractivity contribution in [3.63, 3.8) is 0 Å². The minimum Gasteiger partial charge on any atom is -0.330 e. The summed E-state index contributed by atoms with van der Waals surface area (Å²) in [7, 11) is 0. The first-order chi connectivity index (χ1) is 4.70. The number of rotatable bonds is 5. The van der Waals surface area contributed by atoms with Crippen molar-refractivity contribution in [1.29, 1.82) is 0 Å². The van der Waals surface area contributed by atoms with Gasteiger partial charge in [0.15, 0.2) is 0 Å². The summed E-state index contributed by atoms with van der Waals surface area (Å²) in [5, 5.41) is 0. The zero-order valence-electron chi connectivity index (χ0n) is 7.56. The minimum atomic E-state index is 0.819. The Labute approximate surface area is 65.0 Å². The van der Waals surface area contributed by atoms with Gasteiger partial charge >= 0.3 is 0 Å². The molecule has 10 heavy (non-hydrogen) atoms. The maximum Gasteiger partial charge on any atom is -0.00747 e. The molecule has 2 N–H and O–H groups in total. The molecule has 0 aromatic heterocycles. The fraction of sp³-hybridized carbons (Fsp3) is 1.00. The number of hydrogen-bond acceptors (Lipinski definition) is 1. The lowest BCUT2D eigenvalue weighted by atomic mass is 9.93. The van der Waals surface area contributed by atoms with Crippen molar-refractivity contribution < 1.29 is 0 Å². The molecule has 0 fully saturated rings. The van der Waals surface area contributed by atoms with E-state index in [-0.39, 0.29) is 0 Å². The normalized spacial score (nSPS) is 16.8. The maximum atomic E-state index is 5.45. The van der Waals surface area contributed by atoms with Crippen LogP contribution in [0, 0.1) is 11.8 Å². The largest absolute Gasteiger partial charge is 0.330 e. The lowest BCUT2D eigenvalue weighted by Crippen LogP contribution is -2.08. The van der Waals surface area contributed by atoms with Crippen LogP contribution in [0.1, 0.15) is 40.0 Å². The molecule has 1 heteroatoms. The van der Waals surface area contributed by atoms with Gasteiger partial charge in [-0.15, -0.1) is 0 Å². The predicted octanol–water partition coefficient (Wildman–Crippen LogP) is 2.41. The average molecular weight is 143 g/mol. The highest BCUT2D eigenvalue weighted by Crippen LogP contribution is 2.16. The first-order valence-electron chi connectivity index (χ1n) is 4.40. The summed E-state index contributed by atoms with van der Waals surface area (Å²) < 4.78 is 0. The van der Waals surface area contributed by atoms with Gasteiger partial charge in [-0.1, -0.05) is 27.2 Å². The Morgan fingerprint density at radius 1 is 1.20 bits per heavy atom. The molecule has 0 saturated carbocycles. The van der Waals surface area contributed by atoms with Crippen molar-refractivity contribution in [2.75, 3.05) is 6.54 Å². The third kappa shape index (κ3) is 4.80. The topological polar surface area (TPSA) is 26.0 Å². The average Bonchev–Trinajstić information content (AvgIpc) is 1.88. The van der Waals surface area contributed by atoms with E-state index in [2.05, 4.69) is 20.8 Å². The van der Waals surface area contributed by atoms with Crippen molar-refractivity contribution in [3.05, 3.63) is 0 Å². The van der Waals surface area contributed by atoms with E-state index in [0.29, 0.717) is 0 Å². The molecule has 0 aromatic carbocycles. The molecule has 0 bridgehead atoms. The van der Waals surface area contributed by atoms with Crippen molar-refractivity contribution >= 4 is 0 Å². The summed E-state index contributed by atoms with van der Waals surface area (Å²) in [5.41, 5.74) is 5.45. The first-order valence-corrected chi connectivity index (χ1v) is 4.40. The zero-order valence-corrected chi connectivity index (χ0v) is 7.56. The van der Waals surface area contributed by atoms with E-state index in [1.165, 1.54) is 19.3 Å². The molecule has 0 radical (unpaired) electrons. The smallest absolute Gasteiger partial charge is 0.00747 e. The first kappa shape index (κ1) is 9.96. The van der Waals surface area contributed by atoms with Gasteiger partial charge in [-0.25, -0.2) is 0 Å². The van der Waals surface area contributed by atoms with Gasteiger partial charge in [0.05, 0.1) is 0 Å². The second kappa shape index (κ2) is 5.72. The summed E-state index contributed by atoms with van der Waals surface area (Å²) in [5.74, 6) is 1.70. The quantitative estimate of drug-likeness (QED) is 0.628. The van der Waals surface area contributed by atoms with Crippen LogP contribution >= 0.6 is 0 Å². The molecule has 0 spiro atoms. The second-order valence-electron chi connectivity index (χ2n) is 3.43. The minimum absolute atomic E-state index is 0.819. The predicted molar refractivity (Wildman–Crippen MR) is 46.9 cm³/mol. The van der Waals surface area contributed by atoms with Gasteiger partial charge < -0.3 is 5.73 Å². The Bertz CT molecular complexity index is 71.1. The summed E-state index contributed by atoms with van der Waals surface area (Å²) in [6.07, 6.45) is 3.83. The van der Waals surface area contributed by atoms with E-state index in [1.807, 2.05) is 0 Å². The van der Waals surface area contributed by atoms with Gasteiger partial charge in [0.25, 0.3) is 0 Å². The Morgan fingerprint density at radius 2 is 1.80 bits per heavy atom. The van der Waals surface area contributed by atoms with Gasteiger partial charge in [-0.2, -0.15) is 0 Å². The molecule has 62 valence electrons. The molecule has 0 aliphatic carbocycles. The van der Waals surface area contributed by atoms with Crippen LogP contribution in [0.15, 0.2) is 0 Å². The highest BCUT2D eigenvalue weighted by Gasteiger charge is 2.05. The fourth-order valence-corrected chi connectivity index (χ4v) is 1.26. The zero-order chi connectivity index (χ0) is 7.98. The summed E-state index contributed by atoms with van der Waals surface area (Å²) in [6.45, 7) is 7.70. The molecule has 0 rings (SSSR count). The number of hydrogen-bond donors (Lipinski definition) is 1.